The molecule has 2 heterocycles. The largest absolute Gasteiger partial charge is 0.497 e. The third kappa shape index (κ3) is 6.71. The number of rotatable bonds is 10. The highest BCUT2D eigenvalue weighted by molar-refractivity contribution is 7.09. The minimum atomic E-state index is 0.314. The summed E-state index contributed by atoms with van der Waals surface area (Å²) in [7, 11) is 3.56. The summed E-state index contributed by atoms with van der Waals surface area (Å²) in [5.74, 6) is 1.78. The summed E-state index contributed by atoms with van der Waals surface area (Å²) < 4.78 is 5.45. The number of aliphatic imine (C=N–C) groups is 1. The van der Waals surface area contributed by atoms with Gasteiger partial charge in [-0.1, -0.05) is 12.1 Å². The molecule has 1 atom stereocenters. The number of hydrogen-bond donors (Lipinski definition) is 2. The van der Waals surface area contributed by atoms with E-state index in [9.17, 15) is 0 Å². The van der Waals surface area contributed by atoms with Crippen LogP contribution in [0, 0.1) is 6.92 Å². The molecule has 30 heavy (non-hydrogen) atoms. The van der Waals surface area contributed by atoms with Crippen LogP contribution in [0.25, 0.3) is 0 Å². The molecular formula is C23H35N5OS. The first-order valence-corrected chi connectivity index (χ1v) is 11.8. The van der Waals surface area contributed by atoms with Gasteiger partial charge in [0.05, 0.1) is 18.2 Å². The third-order valence-electron chi connectivity index (χ3n) is 5.52. The molecule has 0 radical (unpaired) electrons. The van der Waals surface area contributed by atoms with Gasteiger partial charge in [-0.3, -0.25) is 9.89 Å². The molecule has 2 N–H and O–H groups in total. The van der Waals surface area contributed by atoms with Crippen molar-refractivity contribution >= 4 is 17.3 Å². The number of aromatic nitrogens is 1. The molecule has 0 amide bonds. The van der Waals surface area contributed by atoms with Crippen molar-refractivity contribution in [3.05, 3.63) is 45.9 Å². The lowest BCUT2D eigenvalue weighted by atomic mass is 10.1. The molecule has 1 aromatic heterocycles. The Kier molecular flexibility index (Phi) is 8.96. The predicted octanol–water partition coefficient (Wildman–Crippen LogP) is 3.78. The molecule has 0 aliphatic carbocycles. The van der Waals surface area contributed by atoms with Gasteiger partial charge < -0.3 is 15.4 Å². The van der Waals surface area contributed by atoms with Crippen molar-refractivity contribution in [2.45, 2.75) is 45.1 Å². The van der Waals surface area contributed by atoms with Gasteiger partial charge in [-0.2, -0.15) is 0 Å². The number of likely N-dealkylation sites (tertiary alicyclic amines) is 1. The minimum Gasteiger partial charge on any atom is -0.497 e. The second-order valence-corrected chi connectivity index (χ2v) is 8.70. The van der Waals surface area contributed by atoms with Gasteiger partial charge in [0.1, 0.15) is 5.75 Å². The maximum absolute atomic E-state index is 5.45. The zero-order chi connectivity index (χ0) is 21.2. The van der Waals surface area contributed by atoms with Crippen molar-refractivity contribution in [3.63, 3.8) is 0 Å². The monoisotopic (exact) mass is 429 g/mol. The normalized spacial score (nSPS) is 15.9. The Hall–Kier alpha value is -2.12. The molecular weight excluding hydrogens is 394 g/mol. The SMILES string of the molecule is CN=C(NCCCCc1nc(C)cs1)NCC(c1cccc(OC)c1)N1CCCC1. The third-order valence-corrected chi connectivity index (χ3v) is 6.55. The lowest BCUT2D eigenvalue weighted by molar-refractivity contribution is 0.245. The first-order valence-electron chi connectivity index (χ1n) is 10.9. The molecule has 7 heteroatoms. The van der Waals surface area contributed by atoms with Gasteiger partial charge in [-0.05, 0) is 69.8 Å². The number of thiazole rings is 1. The van der Waals surface area contributed by atoms with Crippen molar-refractivity contribution in [3.8, 4) is 5.75 Å². The van der Waals surface area contributed by atoms with Crippen LogP contribution in [-0.2, 0) is 6.42 Å². The molecule has 1 unspecified atom stereocenters. The zero-order valence-electron chi connectivity index (χ0n) is 18.5. The number of ether oxygens (including phenoxy) is 1. The zero-order valence-corrected chi connectivity index (χ0v) is 19.3. The Balaban J connectivity index is 1.47. The van der Waals surface area contributed by atoms with Gasteiger partial charge >= 0.3 is 0 Å². The molecule has 164 valence electrons. The van der Waals surface area contributed by atoms with Crippen LogP contribution in [0.2, 0.25) is 0 Å². The van der Waals surface area contributed by atoms with Crippen LogP contribution >= 0.6 is 11.3 Å². The van der Waals surface area contributed by atoms with Crippen molar-refractivity contribution in [1.29, 1.82) is 0 Å². The maximum Gasteiger partial charge on any atom is 0.191 e. The Bertz CT molecular complexity index is 800. The van der Waals surface area contributed by atoms with E-state index in [2.05, 4.69) is 56.0 Å². The summed E-state index contributed by atoms with van der Waals surface area (Å²) in [5.41, 5.74) is 2.42. The lowest BCUT2D eigenvalue weighted by Crippen LogP contribution is -2.43. The van der Waals surface area contributed by atoms with E-state index in [4.69, 9.17) is 4.74 Å². The van der Waals surface area contributed by atoms with Crippen molar-refractivity contribution in [1.82, 2.24) is 20.5 Å². The highest BCUT2D eigenvalue weighted by atomic mass is 32.1. The molecule has 3 rings (SSSR count). The molecule has 1 aliphatic heterocycles. The number of methoxy groups -OCH3 is 1. The average molecular weight is 430 g/mol. The lowest BCUT2D eigenvalue weighted by Gasteiger charge is -2.29. The minimum absolute atomic E-state index is 0.314. The van der Waals surface area contributed by atoms with Crippen molar-refractivity contribution in [2.24, 2.45) is 4.99 Å². The van der Waals surface area contributed by atoms with Crippen LogP contribution in [0.5, 0.6) is 5.75 Å². The van der Waals surface area contributed by atoms with Crippen LogP contribution < -0.4 is 15.4 Å². The topological polar surface area (TPSA) is 61.8 Å². The fourth-order valence-electron chi connectivity index (χ4n) is 3.90. The highest BCUT2D eigenvalue weighted by Crippen LogP contribution is 2.27. The van der Waals surface area contributed by atoms with E-state index in [-0.39, 0.29) is 0 Å². The van der Waals surface area contributed by atoms with E-state index < -0.39 is 0 Å². The van der Waals surface area contributed by atoms with Gasteiger partial charge in [0.25, 0.3) is 0 Å². The molecule has 6 nitrogen and oxygen atoms in total. The molecule has 0 spiro atoms. The van der Waals surface area contributed by atoms with Gasteiger partial charge in [-0.25, -0.2) is 4.98 Å². The van der Waals surface area contributed by atoms with E-state index in [1.807, 2.05) is 13.1 Å². The number of nitrogens with one attached hydrogen (secondary N) is 2. The number of aryl methyl sites for hydroxylation is 2. The van der Waals surface area contributed by atoms with Crippen LogP contribution in [0.4, 0.5) is 0 Å². The van der Waals surface area contributed by atoms with Crippen LogP contribution in [-0.4, -0.2) is 56.2 Å². The number of nitrogens with zero attached hydrogens (tertiary/aromatic N) is 3. The Morgan fingerprint density at radius 1 is 1.27 bits per heavy atom. The Morgan fingerprint density at radius 3 is 2.80 bits per heavy atom. The Labute approximate surface area is 184 Å². The fraction of sp³-hybridized carbons (Fsp3) is 0.565. The Morgan fingerprint density at radius 2 is 2.10 bits per heavy atom. The second-order valence-electron chi connectivity index (χ2n) is 7.76. The van der Waals surface area contributed by atoms with E-state index in [0.29, 0.717) is 6.04 Å². The summed E-state index contributed by atoms with van der Waals surface area (Å²) in [6, 6.07) is 8.75. The van der Waals surface area contributed by atoms with Gasteiger partial charge in [0, 0.05) is 31.2 Å². The van der Waals surface area contributed by atoms with Gasteiger partial charge in [-0.15, -0.1) is 11.3 Å². The quantitative estimate of drug-likeness (QED) is 0.342. The van der Waals surface area contributed by atoms with Crippen molar-refractivity contribution in [2.75, 3.05) is 40.3 Å². The van der Waals surface area contributed by atoms with Crippen LogP contribution in [0.1, 0.15) is 48.0 Å². The first-order chi connectivity index (χ1) is 14.7. The van der Waals surface area contributed by atoms with E-state index in [0.717, 1.165) is 62.8 Å². The number of benzene rings is 1. The van der Waals surface area contributed by atoms with E-state index >= 15 is 0 Å². The second kappa shape index (κ2) is 11.9. The molecule has 0 bridgehead atoms. The summed E-state index contributed by atoms with van der Waals surface area (Å²) in [4.78, 5) is 11.5. The number of hydrogen-bond acceptors (Lipinski definition) is 5. The molecule has 1 aromatic carbocycles. The number of guanidine groups is 1. The molecule has 2 aromatic rings. The van der Waals surface area contributed by atoms with Crippen molar-refractivity contribution < 1.29 is 4.74 Å². The summed E-state index contributed by atoms with van der Waals surface area (Å²) in [6.45, 7) is 6.08. The van der Waals surface area contributed by atoms with E-state index in [1.165, 1.54) is 23.4 Å². The average Bonchev–Trinajstić information content (AvgIpc) is 3.44. The molecule has 1 saturated heterocycles. The summed E-state index contributed by atoms with van der Waals surface area (Å²) >= 11 is 1.76. The summed E-state index contributed by atoms with van der Waals surface area (Å²) in [5, 5.41) is 10.4. The maximum atomic E-state index is 5.45. The first kappa shape index (κ1) is 22.6. The van der Waals surface area contributed by atoms with Crippen LogP contribution in [0.3, 0.4) is 0 Å². The van der Waals surface area contributed by atoms with E-state index in [1.54, 1.807) is 18.4 Å². The smallest absolute Gasteiger partial charge is 0.191 e. The van der Waals surface area contributed by atoms with Gasteiger partial charge in [0.15, 0.2) is 5.96 Å². The fourth-order valence-corrected chi connectivity index (χ4v) is 4.72. The van der Waals surface area contributed by atoms with Gasteiger partial charge in [0.2, 0.25) is 0 Å². The predicted molar refractivity (Wildman–Crippen MR) is 126 cm³/mol. The molecule has 1 aliphatic rings. The molecule has 0 saturated carbocycles. The standard InChI is InChI=1S/C23H35N5OS/c1-18-17-30-22(27-18)11-4-5-12-25-23(24-2)26-16-21(28-13-6-7-14-28)19-9-8-10-20(15-19)29-3/h8-10,15,17,21H,4-7,11-14,16H2,1-3H3,(H2,24,25,26). The summed E-state index contributed by atoms with van der Waals surface area (Å²) in [6.07, 6.45) is 5.83. The van der Waals surface area contributed by atoms with Crippen LogP contribution in [0.15, 0.2) is 34.6 Å². The highest BCUT2D eigenvalue weighted by Gasteiger charge is 2.24. The molecule has 1 fully saturated rings. The number of unbranched alkanes of at least 4 members (excludes halogenated alkanes) is 1.